The van der Waals surface area contributed by atoms with Crippen LogP contribution in [0.25, 0.3) is 0 Å². The Morgan fingerprint density at radius 1 is 1.41 bits per heavy atom. The first kappa shape index (κ1) is 13.3. The minimum Gasteiger partial charge on any atom is -0.381 e. The number of hydrogen-bond acceptors (Lipinski definition) is 3. The number of hydrogen-bond donors (Lipinski definition) is 2. The molecule has 1 heterocycles. The molecule has 17 heavy (non-hydrogen) atoms. The van der Waals surface area contributed by atoms with Crippen molar-refractivity contribution < 1.29 is 4.74 Å². The van der Waals surface area contributed by atoms with Crippen molar-refractivity contribution in [3.8, 4) is 0 Å². The third-order valence-electron chi connectivity index (χ3n) is 4.91. The fraction of sp³-hybridized carbons (Fsp3) is 1.00. The largest absolute Gasteiger partial charge is 0.381 e. The molecule has 0 aromatic rings. The molecule has 3 atom stereocenters. The Kier molecular flexibility index (Phi) is 4.45. The van der Waals surface area contributed by atoms with Crippen LogP contribution in [-0.4, -0.2) is 31.8 Å². The summed E-state index contributed by atoms with van der Waals surface area (Å²) < 4.78 is 5.54. The van der Waals surface area contributed by atoms with Crippen LogP contribution in [0, 0.1) is 17.8 Å². The molecule has 0 amide bonds. The molecule has 2 rings (SSSR count). The van der Waals surface area contributed by atoms with E-state index in [0.717, 1.165) is 51.0 Å². The fourth-order valence-electron chi connectivity index (χ4n) is 3.11. The molecule has 0 aromatic carbocycles. The predicted molar refractivity (Wildman–Crippen MR) is 70.9 cm³/mol. The third-order valence-corrected chi connectivity index (χ3v) is 4.91. The molecule has 3 unspecified atom stereocenters. The smallest absolute Gasteiger partial charge is 0.0513 e. The molecule has 0 bridgehead atoms. The Morgan fingerprint density at radius 2 is 2.18 bits per heavy atom. The van der Waals surface area contributed by atoms with Crippen LogP contribution in [0.2, 0.25) is 0 Å². The van der Waals surface area contributed by atoms with Gasteiger partial charge in [0.15, 0.2) is 0 Å². The Morgan fingerprint density at radius 3 is 2.65 bits per heavy atom. The van der Waals surface area contributed by atoms with Crippen LogP contribution in [0.1, 0.15) is 39.5 Å². The summed E-state index contributed by atoms with van der Waals surface area (Å²) in [6.45, 7) is 8.26. The minimum atomic E-state index is 0.111. The second kappa shape index (κ2) is 5.68. The molecule has 3 nitrogen and oxygen atoms in total. The molecule has 100 valence electrons. The molecule has 1 aliphatic heterocycles. The zero-order valence-electron chi connectivity index (χ0n) is 11.4. The number of rotatable bonds is 7. The standard InChI is InChI=1S/C14H28N2O/c1-3-14(10-15,13-6-7-17-9-13)16-8-11(2)12-4-5-12/h11-13,16H,3-10,15H2,1-2H3. The molecule has 1 saturated carbocycles. The van der Waals surface area contributed by atoms with Gasteiger partial charge in [-0.1, -0.05) is 13.8 Å². The van der Waals surface area contributed by atoms with E-state index >= 15 is 0 Å². The van der Waals surface area contributed by atoms with E-state index in [4.69, 9.17) is 10.5 Å². The summed E-state index contributed by atoms with van der Waals surface area (Å²) in [7, 11) is 0. The third kappa shape index (κ3) is 3.01. The van der Waals surface area contributed by atoms with Gasteiger partial charge in [-0.25, -0.2) is 0 Å². The van der Waals surface area contributed by atoms with Crippen LogP contribution in [0.15, 0.2) is 0 Å². The van der Waals surface area contributed by atoms with Gasteiger partial charge < -0.3 is 15.8 Å². The molecule has 0 radical (unpaired) electrons. The monoisotopic (exact) mass is 240 g/mol. The number of nitrogens with two attached hydrogens (primary N) is 1. The van der Waals surface area contributed by atoms with Gasteiger partial charge in [0.25, 0.3) is 0 Å². The molecule has 1 saturated heterocycles. The average molecular weight is 240 g/mol. The zero-order valence-corrected chi connectivity index (χ0v) is 11.4. The lowest BCUT2D eigenvalue weighted by Crippen LogP contribution is -2.57. The van der Waals surface area contributed by atoms with Gasteiger partial charge in [0, 0.05) is 24.6 Å². The van der Waals surface area contributed by atoms with Crippen molar-refractivity contribution >= 4 is 0 Å². The summed E-state index contributed by atoms with van der Waals surface area (Å²) in [6.07, 6.45) is 5.12. The van der Waals surface area contributed by atoms with Gasteiger partial charge in [0.1, 0.15) is 0 Å². The highest BCUT2D eigenvalue weighted by Crippen LogP contribution is 2.37. The number of nitrogens with one attached hydrogen (secondary N) is 1. The van der Waals surface area contributed by atoms with E-state index in [0.29, 0.717) is 5.92 Å². The van der Waals surface area contributed by atoms with E-state index in [1.807, 2.05) is 0 Å². The highest BCUT2D eigenvalue weighted by molar-refractivity contribution is 4.97. The Balaban J connectivity index is 1.89. The molecule has 0 spiro atoms. The SMILES string of the molecule is CCC(CN)(NCC(C)C1CC1)C1CCOC1. The van der Waals surface area contributed by atoms with Crippen LogP contribution in [0.5, 0.6) is 0 Å². The lowest BCUT2D eigenvalue weighted by Gasteiger charge is -2.39. The Labute approximate surface area is 105 Å². The molecular formula is C14H28N2O. The molecular weight excluding hydrogens is 212 g/mol. The van der Waals surface area contributed by atoms with E-state index < -0.39 is 0 Å². The molecule has 2 aliphatic rings. The summed E-state index contributed by atoms with van der Waals surface area (Å²) >= 11 is 0. The fourth-order valence-corrected chi connectivity index (χ4v) is 3.11. The normalized spacial score (nSPS) is 30.2. The lowest BCUT2D eigenvalue weighted by molar-refractivity contribution is 0.141. The molecule has 3 N–H and O–H groups in total. The van der Waals surface area contributed by atoms with Crippen molar-refractivity contribution in [2.75, 3.05) is 26.3 Å². The first-order valence-electron chi connectivity index (χ1n) is 7.24. The van der Waals surface area contributed by atoms with Crippen LogP contribution < -0.4 is 11.1 Å². The number of ether oxygens (including phenoxy) is 1. The maximum atomic E-state index is 6.06. The van der Waals surface area contributed by atoms with E-state index in [1.54, 1.807) is 0 Å². The van der Waals surface area contributed by atoms with E-state index in [9.17, 15) is 0 Å². The minimum absolute atomic E-state index is 0.111. The second-order valence-electron chi connectivity index (χ2n) is 5.97. The average Bonchev–Trinajstić information content (AvgIpc) is 3.07. The highest BCUT2D eigenvalue weighted by atomic mass is 16.5. The Hall–Kier alpha value is -0.120. The van der Waals surface area contributed by atoms with Crippen LogP contribution in [0.3, 0.4) is 0 Å². The van der Waals surface area contributed by atoms with Crippen LogP contribution in [-0.2, 0) is 4.74 Å². The molecule has 2 fully saturated rings. The molecule has 0 aromatic heterocycles. The van der Waals surface area contributed by atoms with E-state index in [1.165, 1.54) is 12.8 Å². The van der Waals surface area contributed by atoms with Gasteiger partial charge in [-0.3, -0.25) is 0 Å². The van der Waals surface area contributed by atoms with Gasteiger partial charge in [0.05, 0.1) is 6.61 Å². The van der Waals surface area contributed by atoms with Gasteiger partial charge in [-0.2, -0.15) is 0 Å². The lowest BCUT2D eigenvalue weighted by atomic mass is 9.80. The summed E-state index contributed by atoms with van der Waals surface area (Å²) in [4.78, 5) is 0. The summed E-state index contributed by atoms with van der Waals surface area (Å²) in [5, 5.41) is 3.79. The summed E-state index contributed by atoms with van der Waals surface area (Å²) in [5.74, 6) is 2.37. The molecule has 3 heteroatoms. The first-order chi connectivity index (χ1) is 8.22. The summed E-state index contributed by atoms with van der Waals surface area (Å²) in [6, 6.07) is 0. The van der Waals surface area contributed by atoms with Crippen molar-refractivity contribution in [2.24, 2.45) is 23.5 Å². The first-order valence-corrected chi connectivity index (χ1v) is 7.24. The highest BCUT2D eigenvalue weighted by Gasteiger charge is 2.39. The van der Waals surface area contributed by atoms with Crippen molar-refractivity contribution in [1.29, 1.82) is 0 Å². The van der Waals surface area contributed by atoms with Crippen molar-refractivity contribution in [3.63, 3.8) is 0 Å². The van der Waals surface area contributed by atoms with E-state index in [-0.39, 0.29) is 5.54 Å². The predicted octanol–water partition coefficient (Wildman–Crippen LogP) is 1.77. The zero-order chi connectivity index (χ0) is 12.3. The van der Waals surface area contributed by atoms with E-state index in [2.05, 4.69) is 19.2 Å². The van der Waals surface area contributed by atoms with Crippen molar-refractivity contribution in [2.45, 2.75) is 45.1 Å². The van der Waals surface area contributed by atoms with Gasteiger partial charge in [0.2, 0.25) is 0 Å². The van der Waals surface area contributed by atoms with Gasteiger partial charge >= 0.3 is 0 Å². The second-order valence-corrected chi connectivity index (χ2v) is 5.97. The Bertz CT molecular complexity index is 230. The van der Waals surface area contributed by atoms with Crippen molar-refractivity contribution in [1.82, 2.24) is 5.32 Å². The van der Waals surface area contributed by atoms with Gasteiger partial charge in [-0.15, -0.1) is 0 Å². The van der Waals surface area contributed by atoms with Crippen LogP contribution in [0.4, 0.5) is 0 Å². The van der Waals surface area contributed by atoms with Gasteiger partial charge in [-0.05, 0) is 44.1 Å². The van der Waals surface area contributed by atoms with Crippen LogP contribution >= 0.6 is 0 Å². The van der Waals surface area contributed by atoms with Crippen molar-refractivity contribution in [3.05, 3.63) is 0 Å². The maximum absolute atomic E-state index is 6.06. The summed E-state index contributed by atoms with van der Waals surface area (Å²) in [5.41, 5.74) is 6.17. The molecule has 1 aliphatic carbocycles. The maximum Gasteiger partial charge on any atom is 0.0513 e. The topological polar surface area (TPSA) is 47.3 Å². The quantitative estimate of drug-likeness (QED) is 0.713.